The summed E-state index contributed by atoms with van der Waals surface area (Å²) in [5.74, 6) is 0. The summed E-state index contributed by atoms with van der Waals surface area (Å²) >= 11 is -0.526. The Morgan fingerprint density at radius 3 is 1.62 bits per heavy atom. The number of halogens is 2. The number of hydrogen-bond donors (Lipinski definition) is 0. The van der Waals surface area contributed by atoms with E-state index < -0.39 is 22.9 Å². The fourth-order valence-corrected chi connectivity index (χ4v) is 5.64. The molecule has 13 heavy (non-hydrogen) atoms. The number of hydrogen-bond acceptors (Lipinski definition) is 0. The van der Waals surface area contributed by atoms with E-state index in [-0.39, 0.29) is 9.41 Å². The van der Waals surface area contributed by atoms with Crippen molar-refractivity contribution in [2.24, 2.45) is 0 Å². The van der Waals surface area contributed by atoms with E-state index in [1.54, 1.807) is 6.66 Å². The minimum absolute atomic E-state index is 0. The van der Waals surface area contributed by atoms with Gasteiger partial charge in [-0.25, -0.2) is 0 Å². The second-order valence-electron chi connectivity index (χ2n) is 2.77. The molecule has 3 heteroatoms. The van der Waals surface area contributed by atoms with E-state index in [1.807, 2.05) is 0 Å². The van der Waals surface area contributed by atoms with Crippen LogP contribution in [-0.2, 0) is 22.9 Å². The van der Waals surface area contributed by atoms with Crippen LogP contribution in [-0.4, -0.2) is 0 Å². The monoisotopic (exact) mass is 348 g/mol. The normalized spacial score (nSPS) is 16.9. The van der Waals surface area contributed by atoms with Crippen molar-refractivity contribution in [1.82, 2.24) is 0 Å². The molecule has 0 aromatic rings. The molecule has 0 amide bonds. The van der Waals surface area contributed by atoms with E-state index >= 15 is 0 Å². The summed E-state index contributed by atoms with van der Waals surface area (Å²) in [7, 11) is 0. The van der Waals surface area contributed by atoms with Crippen LogP contribution in [0.25, 0.3) is 0 Å². The van der Waals surface area contributed by atoms with Gasteiger partial charge in [-0.2, -0.15) is 0 Å². The van der Waals surface area contributed by atoms with Crippen LogP contribution in [0.2, 0.25) is 0 Å². The molecule has 0 atom stereocenters. The number of allylic oxidation sites excluding steroid dienone is 8. The molecule has 0 heterocycles. The molecule has 2 aliphatic rings. The van der Waals surface area contributed by atoms with Gasteiger partial charge in [0.05, 0.1) is 0 Å². The third kappa shape index (κ3) is 3.51. The number of rotatable bonds is 2. The van der Waals surface area contributed by atoms with Crippen molar-refractivity contribution in [2.75, 3.05) is 0 Å². The Labute approximate surface area is 88.2 Å². The maximum Gasteiger partial charge on any atom is -1.00 e. The molecule has 2 rings (SSSR count). The predicted octanol–water partition coefficient (Wildman–Crippen LogP) is -3.24. The molecule has 0 fully saturated rings. The maximum atomic E-state index is 2.32. The topological polar surface area (TPSA) is 0 Å². The van der Waals surface area contributed by atoms with E-state index in [0.29, 0.717) is 0 Å². The van der Waals surface area contributed by atoms with E-state index in [9.17, 15) is 0 Å². The van der Waals surface area contributed by atoms with Gasteiger partial charge in [0.15, 0.2) is 0 Å². The summed E-state index contributed by atoms with van der Waals surface area (Å²) < 4.78 is 3.50. The Morgan fingerprint density at radius 1 is 0.846 bits per heavy atom. The Kier molecular flexibility index (Phi) is 6.04. The first-order valence-electron chi connectivity index (χ1n) is 3.93. The molecule has 0 spiro atoms. The molecular formula is C10H10F2Hf. The van der Waals surface area contributed by atoms with E-state index in [0.717, 1.165) is 0 Å². The fourth-order valence-electron chi connectivity index (χ4n) is 1.29. The average molecular weight is 347 g/mol. The average Bonchev–Trinajstić information content (AvgIpc) is 2.60. The summed E-state index contributed by atoms with van der Waals surface area (Å²) in [5, 5.41) is 0. The predicted molar refractivity (Wildman–Crippen MR) is 43.7 cm³/mol. The van der Waals surface area contributed by atoms with Crippen molar-refractivity contribution in [3.8, 4) is 0 Å². The first-order chi connectivity index (χ1) is 5.45. The summed E-state index contributed by atoms with van der Waals surface area (Å²) in [4.78, 5) is 0. The van der Waals surface area contributed by atoms with Crippen molar-refractivity contribution < 1.29 is 32.3 Å². The zero-order valence-corrected chi connectivity index (χ0v) is 10.7. The molecule has 0 saturated heterocycles. The molecule has 0 aliphatic heterocycles. The van der Waals surface area contributed by atoms with Gasteiger partial charge in [0.25, 0.3) is 0 Å². The van der Waals surface area contributed by atoms with Gasteiger partial charge in [-0.15, -0.1) is 0 Å². The molecular weight excluding hydrogens is 337 g/mol. The zero-order valence-electron chi connectivity index (χ0n) is 7.13. The summed E-state index contributed by atoms with van der Waals surface area (Å²) in [5.41, 5.74) is 0. The minimum Gasteiger partial charge on any atom is -1.00 e. The van der Waals surface area contributed by atoms with Gasteiger partial charge in [-0.3, -0.25) is 0 Å². The van der Waals surface area contributed by atoms with Crippen molar-refractivity contribution in [3.63, 3.8) is 0 Å². The van der Waals surface area contributed by atoms with Gasteiger partial charge >= 0.3 is 78.9 Å². The van der Waals surface area contributed by atoms with Crippen molar-refractivity contribution in [1.29, 1.82) is 0 Å². The molecule has 0 unspecified atom stereocenters. The first-order valence-corrected chi connectivity index (χ1v) is 7.53. The van der Waals surface area contributed by atoms with Gasteiger partial charge < -0.3 is 9.41 Å². The molecule has 0 saturated carbocycles. The molecule has 0 aromatic heterocycles. The maximum absolute atomic E-state index is 2.32. The molecule has 0 radical (unpaired) electrons. The van der Waals surface area contributed by atoms with Crippen LogP contribution in [0.1, 0.15) is 12.8 Å². The molecule has 0 nitrogen and oxygen atoms in total. The molecule has 0 aromatic carbocycles. The van der Waals surface area contributed by atoms with E-state index in [2.05, 4.69) is 36.5 Å². The zero-order chi connectivity index (χ0) is 7.52. The summed E-state index contributed by atoms with van der Waals surface area (Å²) in [6.07, 6.45) is 16.1. The summed E-state index contributed by atoms with van der Waals surface area (Å²) in [6, 6.07) is 0. The van der Waals surface area contributed by atoms with E-state index in [4.69, 9.17) is 0 Å². The Balaban J connectivity index is 0.000000720. The Hall–Kier alpha value is -0.310. The van der Waals surface area contributed by atoms with Crippen LogP contribution >= 0.6 is 0 Å². The Bertz CT molecular complexity index is 247. The minimum atomic E-state index is -0.526. The second-order valence-corrected chi connectivity index (χ2v) is 8.29. The van der Waals surface area contributed by atoms with Crippen molar-refractivity contribution in [2.45, 2.75) is 12.8 Å². The van der Waals surface area contributed by atoms with Crippen LogP contribution in [0.5, 0.6) is 0 Å². The third-order valence-electron chi connectivity index (χ3n) is 1.86. The van der Waals surface area contributed by atoms with Crippen molar-refractivity contribution >= 4 is 0 Å². The van der Waals surface area contributed by atoms with Crippen LogP contribution in [0, 0.1) is 0 Å². The SMILES string of the molecule is C1=CC[C]([Hf+2][C]2=CC=CC2)=C1.[F-].[F-]. The first kappa shape index (κ1) is 12.7. The van der Waals surface area contributed by atoms with Crippen LogP contribution in [0.15, 0.2) is 43.1 Å². The third-order valence-corrected chi connectivity index (χ3v) is 6.84. The van der Waals surface area contributed by atoms with Crippen LogP contribution in [0.3, 0.4) is 0 Å². The second kappa shape index (κ2) is 6.19. The van der Waals surface area contributed by atoms with Gasteiger partial charge in [-0.1, -0.05) is 0 Å². The van der Waals surface area contributed by atoms with E-state index in [1.165, 1.54) is 12.8 Å². The summed E-state index contributed by atoms with van der Waals surface area (Å²) in [6.45, 7) is 0. The molecule has 68 valence electrons. The van der Waals surface area contributed by atoms with Gasteiger partial charge in [0, 0.05) is 0 Å². The molecule has 2 aliphatic carbocycles. The smallest absolute Gasteiger partial charge is 1.00 e. The van der Waals surface area contributed by atoms with Gasteiger partial charge in [0.1, 0.15) is 0 Å². The van der Waals surface area contributed by atoms with Crippen LogP contribution < -0.4 is 9.41 Å². The quantitative estimate of drug-likeness (QED) is 0.461. The van der Waals surface area contributed by atoms with Gasteiger partial charge in [-0.05, 0) is 0 Å². The molecule has 0 N–H and O–H groups in total. The van der Waals surface area contributed by atoms with Gasteiger partial charge in [0.2, 0.25) is 0 Å². The van der Waals surface area contributed by atoms with Crippen LogP contribution in [0.4, 0.5) is 0 Å². The largest absolute Gasteiger partial charge is 1.00 e. The standard InChI is InChI=1S/2C5H5.2FH.Hf/c2*1-2-4-5-3-1;;;/h2*1-3H,4H2;2*1H;/q;;;;+2/p-2. The molecule has 0 bridgehead atoms. The van der Waals surface area contributed by atoms with Crippen molar-refractivity contribution in [3.05, 3.63) is 43.1 Å². The fraction of sp³-hybridized carbons (Fsp3) is 0.200. The Morgan fingerprint density at radius 2 is 1.31 bits per heavy atom.